The highest BCUT2D eigenvalue weighted by Gasteiger charge is 2.49. The van der Waals surface area contributed by atoms with Gasteiger partial charge in [-0.3, -0.25) is 19.2 Å². The molecule has 1 aliphatic heterocycles. The van der Waals surface area contributed by atoms with E-state index in [1.807, 2.05) is 0 Å². The van der Waals surface area contributed by atoms with E-state index in [0.717, 1.165) is 0 Å². The number of benzene rings is 2. The van der Waals surface area contributed by atoms with Crippen LogP contribution in [0.2, 0.25) is 0 Å². The van der Waals surface area contributed by atoms with Gasteiger partial charge < -0.3 is 40.0 Å². The number of methoxy groups -OCH3 is 1. The predicted octanol–water partition coefficient (Wildman–Crippen LogP) is 2.15. The molecule has 1 saturated heterocycles. The molecule has 2 aliphatic carbocycles. The summed E-state index contributed by atoms with van der Waals surface area (Å²) in [5.41, 5.74) is -2.69. The highest BCUT2D eigenvalue weighted by Crippen LogP contribution is 2.52. The van der Waals surface area contributed by atoms with Crippen LogP contribution in [0.15, 0.2) is 30.0 Å². The Bertz CT molecular complexity index is 1610. The van der Waals surface area contributed by atoms with Crippen molar-refractivity contribution in [1.29, 1.82) is 0 Å². The molecule has 44 heavy (non-hydrogen) atoms. The number of ether oxygens (including phenoxy) is 3. The van der Waals surface area contributed by atoms with Gasteiger partial charge in [-0.2, -0.15) is 0 Å². The molecule has 234 valence electrons. The van der Waals surface area contributed by atoms with E-state index < -0.39 is 82.6 Å². The van der Waals surface area contributed by atoms with E-state index in [4.69, 9.17) is 14.2 Å². The van der Waals surface area contributed by atoms with Crippen molar-refractivity contribution in [2.75, 3.05) is 7.11 Å². The second-order valence-corrected chi connectivity index (χ2v) is 11.7. The lowest BCUT2D eigenvalue weighted by Gasteiger charge is -2.43. The Morgan fingerprint density at radius 3 is 2.39 bits per heavy atom. The van der Waals surface area contributed by atoms with E-state index in [1.54, 1.807) is 13.8 Å². The van der Waals surface area contributed by atoms with E-state index in [1.165, 1.54) is 45.2 Å². The summed E-state index contributed by atoms with van der Waals surface area (Å²) in [5.74, 6) is -3.48. The van der Waals surface area contributed by atoms with Crippen LogP contribution in [-0.2, 0) is 25.5 Å². The van der Waals surface area contributed by atoms with Gasteiger partial charge >= 0.3 is 0 Å². The first kappa shape index (κ1) is 31.3. The molecule has 0 spiro atoms. The molecule has 5 rings (SSSR count). The maximum absolute atomic E-state index is 13.8. The van der Waals surface area contributed by atoms with Gasteiger partial charge in [0, 0.05) is 41.6 Å². The molecule has 2 aromatic carbocycles. The van der Waals surface area contributed by atoms with Gasteiger partial charge in [-0.25, -0.2) is 0 Å². The molecule has 2 aromatic rings. The van der Waals surface area contributed by atoms with E-state index in [9.17, 15) is 39.6 Å². The van der Waals surface area contributed by atoms with Crippen molar-refractivity contribution in [3.63, 3.8) is 0 Å². The maximum Gasteiger partial charge on any atom is 0.202 e. The molecule has 12 heteroatoms. The smallest absolute Gasteiger partial charge is 0.202 e. The van der Waals surface area contributed by atoms with Crippen molar-refractivity contribution >= 4 is 23.1 Å². The Morgan fingerprint density at radius 2 is 1.75 bits per heavy atom. The Balaban J connectivity index is 1.60. The van der Waals surface area contributed by atoms with Gasteiger partial charge in [0.2, 0.25) is 5.78 Å². The lowest BCUT2D eigenvalue weighted by molar-refractivity contribution is -0.249. The number of aromatic hydroxyl groups is 2. The SMILES string of the molecule is COc1cccc2c1C(=O)c1c(O)c3c(c(O)c1C2=O)CC(O)(C(C)=O)CC3OC1CC(N/C(C)=C/C(C)=O)C(O)C(C)O1. The first-order valence-corrected chi connectivity index (χ1v) is 14.2. The first-order valence-electron chi connectivity index (χ1n) is 14.2. The van der Waals surface area contributed by atoms with Crippen molar-refractivity contribution in [3.05, 3.63) is 63.4 Å². The molecule has 12 nitrogen and oxygen atoms in total. The third-order valence-electron chi connectivity index (χ3n) is 8.59. The molecule has 6 atom stereocenters. The summed E-state index contributed by atoms with van der Waals surface area (Å²) in [4.78, 5) is 51.6. The van der Waals surface area contributed by atoms with Crippen molar-refractivity contribution in [3.8, 4) is 17.2 Å². The minimum atomic E-state index is -2.04. The van der Waals surface area contributed by atoms with Crippen LogP contribution in [0.3, 0.4) is 0 Å². The highest BCUT2D eigenvalue weighted by atomic mass is 16.7. The zero-order valence-corrected chi connectivity index (χ0v) is 25.0. The number of ketones is 4. The van der Waals surface area contributed by atoms with Gasteiger partial charge in [0.15, 0.2) is 23.6 Å². The van der Waals surface area contributed by atoms with E-state index in [0.29, 0.717) is 5.70 Å². The highest BCUT2D eigenvalue weighted by molar-refractivity contribution is 6.31. The number of phenolic OH excluding ortho intramolecular Hbond substituents is 2. The van der Waals surface area contributed by atoms with Crippen molar-refractivity contribution in [1.82, 2.24) is 5.32 Å². The fraction of sp³-hybridized carbons (Fsp3) is 0.438. The Morgan fingerprint density at radius 1 is 1.07 bits per heavy atom. The molecule has 5 N–H and O–H groups in total. The number of Topliss-reactive ketones (excluding diaryl/α,β-unsaturated/α-hetero) is 1. The Kier molecular flexibility index (Phi) is 8.14. The summed E-state index contributed by atoms with van der Waals surface area (Å²) < 4.78 is 17.4. The lowest BCUT2D eigenvalue weighted by Crippen LogP contribution is -2.54. The quantitative estimate of drug-likeness (QED) is 0.194. The average molecular weight is 610 g/mol. The number of hydrogen-bond acceptors (Lipinski definition) is 12. The van der Waals surface area contributed by atoms with Crippen LogP contribution in [0.5, 0.6) is 17.2 Å². The molecule has 1 heterocycles. The monoisotopic (exact) mass is 609 g/mol. The van der Waals surface area contributed by atoms with Crippen LogP contribution in [0.25, 0.3) is 0 Å². The first-order chi connectivity index (χ1) is 20.7. The number of nitrogens with one attached hydrogen (secondary N) is 1. The van der Waals surface area contributed by atoms with E-state index >= 15 is 0 Å². The van der Waals surface area contributed by atoms with Gasteiger partial charge in [-0.15, -0.1) is 0 Å². The van der Waals surface area contributed by atoms with Gasteiger partial charge in [0.05, 0.1) is 42.0 Å². The second-order valence-electron chi connectivity index (χ2n) is 11.7. The van der Waals surface area contributed by atoms with Gasteiger partial charge in [0.1, 0.15) is 29.0 Å². The molecule has 0 saturated carbocycles. The minimum Gasteiger partial charge on any atom is -0.507 e. The number of carbonyl (C=O) groups is 4. The van der Waals surface area contributed by atoms with Crippen LogP contribution < -0.4 is 10.1 Å². The molecule has 0 amide bonds. The summed E-state index contributed by atoms with van der Waals surface area (Å²) >= 11 is 0. The largest absolute Gasteiger partial charge is 0.507 e. The topological polar surface area (TPSA) is 189 Å². The maximum atomic E-state index is 13.8. The van der Waals surface area contributed by atoms with E-state index in [2.05, 4.69) is 5.32 Å². The standard InChI is InChI=1S/C32H35NO11/c1-13(9-14(2)34)33-19-10-22(43-15(3)27(19)36)44-21-12-32(41,16(4)35)11-18-24(21)31(40)26-25(29(18)38)28(37)17-7-6-8-20(42-5)23(17)30(26)39/h6-9,15,19,21-22,27,33,36,38,40-41H,10-12H2,1-5H3/b13-9+. The third-order valence-corrected chi connectivity index (χ3v) is 8.59. The van der Waals surface area contributed by atoms with Crippen LogP contribution in [0, 0.1) is 0 Å². The summed E-state index contributed by atoms with van der Waals surface area (Å²) in [6, 6.07) is 3.80. The number of carbonyl (C=O) groups excluding carboxylic acids is 4. The summed E-state index contributed by atoms with van der Waals surface area (Å²) in [6.07, 6.45) is -3.45. The number of hydrogen-bond donors (Lipinski definition) is 5. The second kappa shape index (κ2) is 11.4. The zero-order chi connectivity index (χ0) is 32.2. The number of aliphatic hydroxyl groups is 2. The van der Waals surface area contributed by atoms with Crippen molar-refractivity contribution in [2.24, 2.45) is 0 Å². The molecular formula is C32H35NO11. The molecule has 3 aliphatic rings. The number of fused-ring (bicyclic) bond motifs is 3. The summed E-state index contributed by atoms with van der Waals surface area (Å²) in [6.45, 7) is 5.86. The van der Waals surface area contributed by atoms with Crippen LogP contribution in [-0.4, -0.2) is 80.8 Å². The molecule has 6 unspecified atom stereocenters. The van der Waals surface area contributed by atoms with Crippen molar-refractivity contribution in [2.45, 2.75) is 83.2 Å². The normalized spacial score (nSPS) is 28.1. The molecular weight excluding hydrogens is 574 g/mol. The van der Waals surface area contributed by atoms with Gasteiger partial charge in [-0.1, -0.05) is 12.1 Å². The predicted molar refractivity (Wildman–Crippen MR) is 154 cm³/mol. The fourth-order valence-electron chi connectivity index (χ4n) is 6.41. The molecule has 0 radical (unpaired) electrons. The van der Waals surface area contributed by atoms with Crippen molar-refractivity contribution < 1.29 is 53.8 Å². The van der Waals surface area contributed by atoms with Gasteiger partial charge in [0.25, 0.3) is 0 Å². The van der Waals surface area contributed by atoms with E-state index in [-0.39, 0.29) is 46.6 Å². The molecule has 1 fully saturated rings. The number of allylic oxidation sites excluding steroid dienone is 2. The molecule has 0 bridgehead atoms. The summed E-state index contributed by atoms with van der Waals surface area (Å²) in [7, 11) is 1.33. The van der Waals surface area contributed by atoms with Gasteiger partial charge in [-0.05, 0) is 39.8 Å². The number of phenols is 2. The van der Waals surface area contributed by atoms with Crippen LogP contribution >= 0.6 is 0 Å². The number of aliphatic hydroxyl groups excluding tert-OH is 1. The zero-order valence-electron chi connectivity index (χ0n) is 25.0. The minimum absolute atomic E-state index is 0.0299. The fourth-order valence-corrected chi connectivity index (χ4v) is 6.41. The lowest BCUT2D eigenvalue weighted by atomic mass is 9.72. The third kappa shape index (κ3) is 5.17. The van der Waals surface area contributed by atoms with Crippen LogP contribution in [0.1, 0.15) is 89.6 Å². The number of rotatable bonds is 7. The van der Waals surface area contributed by atoms with Crippen LogP contribution in [0.4, 0.5) is 0 Å². The Labute approximate surface area is 253 Å². The average Bonchev–Trinajstić information content (AvgIpc) is 2.95. The Hall–Kier alpha value is -4.10. The summed E-state index contributed by atoms with van der Waals surface area (Å²) in [5, 5.41) is 48.3. The molecule has 0 aromatic heterocycles.